The lowest BCUT2D eigenvalue weighted by Gasteiger charge is -2.19. The van der Waals surface area contributed by atoms with Gasteiger partial charge in [0.25, 0.3) is 0 Å². The molecule has 0 bridgehead atoms. The van der Waals surface area contributed by atoms with E-state index in [4.69, 9.17) is 0 Å². The van der Waals surface area contributed by atoms with Crippen molar-refractivity contribution >= 4 is 47.4 Å². The van der Waals surface area contributed by atoms with Crippen LogP contribution in [0.2, 0.25) is 0 Å². The monoisotopic (exact) mass is 618 g/mol. The van der Waals surface area contributed by atoms with E-state index in [1.54, 1.807) is 60.7 Å². The van der Waals surface area contributed by atoms with Gasteiger partial charge in [-0.2, -0.15) is 0 Å². The molecule has 8 rings (SSSR count). The van der Waals surface area contributed by atoms with Gasteiger partial charge < -0.3 is 0 Å². The second-order valence-corrected chi connectivity index (χ2v) is 11.9. The quantitative estimate of drug-likeness (QED) is 0.180. The zero-order chi connectivity index (χ0) is 32.8. The Hall–Kier alpha value is -6.52. The van der Waals surface area contributed by atoms with E-state index in [-0.39, 0.29) is 23.1 Å². The van der Waals surface area contributed by atoms with Crippen molar-refractivity contribution in [3.8, 4) is 11.1 Å². The summed E-state index contributed by atoms with van der Waals surface area (Å²) in [5, 5.41) is 0. The summed E-state index contributed by atoms with van der Waals surface area (Å²) in [4.78, 5) is 52.8. The van der Waals surface area contributed by atoms with Crippen LogP contribution < -0.4 is 0 Å². The van der Waals surface area contributed by atoms with Gasteiger partial charge in [-0.3, -0.25) is 19.2 Å². The van der Waals surface area contributed by atoms with E-state index in [1.807, 2.05) is 97.1 Å². The lowest BCUT2D eigenvalue weighted by molar-refractivity contribution is 0.0979. The second kappa shape index (κ2) is 11.7. The molecule has 6 aromatic rings. The normalized spacial score (nSPS) is 13.4. The zero-order valence-corrected chi connectivity index (χ0v) is 25.6. The van der Waals surface area contributed by atoms with Crippen LogP contribution in [-0.2, 0) is 0 Å². The highest BCUT2D eigenvalue weighted by Crippen LogP contribution is 2.32. The summed E-state index contributed by atoms with van der Waals surface area (Å²) in [5.41, 5.74) is 9.01. The third-order valence-electron chi connectivity index (χ3n) is 9.03. The molecule has 0 spiro atoms. The lowest BCUT2D eigenvalue weighted by Crippen LogP contribution is -2.21. The number of rotatable bonds is 5. The summed E-state index contributed by atoms with van der Waals surface area (Å²) < 4.78 is 0. The average molecular weight is 619 g/mol. The molecular formula is C44H26O4. The SMILES string of the molecule is O=C1c2ccccc2C(=O)c2c(C=Cc3ccc(-c4ccc(C=Cc5cccc6c5C(=O)c5ccccc5C6=O)cc4)cc3)cccc21. The molecule has 2 aliphatic carbocycles. The van der Waals surface area contributed by atoms with Gasteiger partial charge in [-0.25, -0.2) is 0 Å². The van der Waals surface area contributed by atoms with E-state index in [1.165, 1.54) is 0 Å². The van der Waals surface area contributed by atoms with Gasteiger partial charge in [-0.1, -0.05) is 158 Å². The van der Waals surface area contributed by atoms with Crippen molar-refractivity contribution in [3.63, 3.8) is 0 Å². The zero-order valence-electron chi connectivity index (χ0n) is 25.6. The summed E-state index contributed by atoms with van der Waals surface area (Å²) in [7, 11) is 0. The van der Waals surface area contributed by atoms with Crippen molar-refractivity contribution in [2.75, 3.05) is 0 Å². The second-order valence-electron chi connectivity index (χ2n) is 11.9. The van der Waals surface area contributed by atoms with E-state index < -0.39 is 0 Å². The molecule has 0 fully saturated rings. The average Bonchev–Trinajstić information content (AvgIpc) is 3.14. The van der Waals surface area contributed by atoms with Gasteiger partial charge in [0, 0.05) is 44.5 Å². The van der Waals surface area contributed by atoms with Gasteiger partial charge in [0.15, 0.2) is 23.1 Å². The smallest absolute Gasteiger partial charge is 0.195 e. The number of hydrogen-bond donors (Lipinski definition) is 0. The largest absolute Gasteiger partial charge is 0.289 e. The van der Waals surface area contributed by atoms with Gasteiger partial charge in [0.1, 0.15) is 0 Å². The van der Waals surface area contributed by atoms with Crippen LogP contribution in [0.5, 0.6) is 0 Å². The minimum absolute atomic E-state index is 0.127. The molecule has 0 aliphatic heterocycles. The van der Waals surface area contributed by atoms with E-state index >= 15 is 0 Å². The van der Waals surface area contributed by atoms with Crippen LogP contribution in [0, 0.1) is 0 Å². The Morgan fingerprint density at radius 2 is 0.625 bits per heavy atom. The molecule has 0 atom stereocenters. The minimum atomic E-state index is -0.133. The Balaban J connectivity index is 0.995. The van der Waals surface area contributed by atoms with E-state index in [0.29, 0.717) is 55.6 Å². The van der Waals surface area contributed by atoms with Crippen molar-refractivity contribution in [1.82, 2.24) is 0 Å². The summed E-state index contributed by atoms with van der Waals surface area (Å²) in [6.45, 7) is 0. The number of benzene rings is 6. The molecule has 226 valence electrons. The van der Waals surface area contributed by atoms with E-state index in [9.17, 15) is 19.2 Å². The first-order valence-corrected chi connectivity index (χ1v) is 15.7. The number of hydrogen-bond acceptors (Lipinski definition) is 4. The summed E-state index contributed by atoms with van der Waals surface area (Å²) >= 11 is 0. The third kappa shape index (κ3) is 4.88. The Bertz CT molecular complexity index is 2220. The van der Waals surface area contributed by atoms with Gasteiger partial charge in [0.05, 0.1) is 0 Å². The van der Waals surface area contributed by atoms with Crippen molar-refractivity contribution in [3.05, 3.63) is 200 Å². The molecule has 0 amide bonds. The minimum Gasteiger partial charge on any atom is -0.289 e. The molecule has 0 N–H and O–H groups in total. The molecular weight excluding hydrogens is 592 g/mol. The number of fused-ring (bicyclic) bond motifs is 4. The fourth-order valence-corrected chi connectivity index (χ4v) is 6.57. The first kappa shape index (κ1) is 28.9. The number of carbonyl (C=O) groups excluding carboxylic acids is 4. The Morgan fingerprint density at radius 3 is 1.00 bits per heavy atom. The van der Waals surface area contributed by atoms with Crippen LogP contribution in [0.15, 0.2) is 133 Å². The third-order valence-corrected chi connectivity index (χ3v) is 9.03. The molecule has 0 unspecified atom stereocenters. The maximum absolute atomic E-state index is 13.3. The highest BCUT2D eigenvalue weighted by molar-refractivity contribution is 6.30. The first-order chi connectivity index (χ1) is 23.5. The highest BCUT2D eigenvalue weighted by Gasteiger charge is 2.31. The van der Waals surface area contributed by atoms with Crippen LogP contribution in [0.3, 0.4) is 0 Å². The van der Waals surface area contributed by atoms with Gasteiger partial charge in [-0.05, 0) is 33.4 Å². The number of carbonyl (C=O) groups is 4. The Morgan fingerprint density at radius 1 is 0.292 bits per heavy atom. The molecule has 4 heteroatoms. The van der Waals surface area contributed by atoms with Gasteiger partial charge >= 0.3 is 0 Å². The molecule has 4 nitrogen and oxygen atoms in total. The van der Waals surface area contributed by atoms with Gasteiger partial charge in [0.2, 0.25) is 0 Å². The number of ketones is 4. The van der Waals surface area contributed by atoms with Crippen molar-refractivity contribution < 1.29 is 19.2 Å². The topological polar surface area (TPSA) is 68.3 Å². The van der Waals surface area contributed by atoms with Crippen LogP contribution in [0.1, 0.15) is 85.9 Å². The Labute approximate surface area is 277 Å². The maximum Gasteiger partial charge on any atom is 0.195 e. The standard InChI is InChI=1S/C44H26O4/c45-41-33-9-1-3-11-35(33)43(47)39-31(7-5-13-37(39)41)25-19-27-15-21-29(22-16-27)30-23-17-28(18-24-30)20-26-32-8-6-14-38-40(32)44(48)36-12-4-2-10-34(36)42(38)46/h1-26H. The first-order valence-electron chi connectivity index (χ1n) is 15.7. The molecule has 6 aromatic carbocycles. The molecule has 2 aliphatic rings. The van der Waals surface area contributed by atoms with Crippen LogP contribution >= 0.6 is 0 Å². The molecule has 0 aromatic heterocycles. The van der Waals surface area contributed by atoms with Crippen LogP contribution in [-0.4, -0.2) is 23.1 Å². The van der Waals surface area contributed by atoms with E-state index in [2.05, 4.69) is 0 Å². The molecule has 0 heterocycles. The molecule has 0 saturated carbocycles. The molecule has 48 heavy (non-hydrogen) atoms. The van der Waals surface area contributed by atoms with Gasteiger partial charge in [-0.15, -0.1) is 0 Å². The summed E-state index contributed by atoms with van der Waals surface area (Å²) in [6, 6.07) is 41.0. The molecule has 0 radical (unpaired) electrons. The van der Waals surface area contributed by atoms with Crippen LogP contribution in [0.4, 0.5) is 0 Å². The Kier molecular flexibility index (Phi) is 7.04. The predicted molar refractivity (Wildman–Crippen MR) is 189 cm³/mol. The fraction of sp³-hybridized carbons (Fsp3) is 0. The van der Waals surface area contributed by atoms with Crippen molar-refractivity contribution in [2.45, 2.75) is 0 Å². The maximum atomic E-state index is 13.3. The van der Waals surface area contributed by atoms with Crippen LogP contribution in [0.25, 0.3) is 35.4 Å². The van der Waals surface area contributed by atoms with Crippen molar-refractivity contribution in [1.29, 1.82) is 0 Å². The summed E-state index contributed by atoms with van der Waals surface area (Å²) in [5.74, 6) is -0.519. The van der Waals surface area contributed by atoms with E-state index in [0.717, 1.165) is 22.3 Å². The highest BCUT2D eigenvalue weighted by atomic mass is 16.1. The summed E-state index contributed by atoms with van der Waals surface area (Å²) in [6.07, 6.45) is 7.68. The predicted octanol–water partition coefficient (Wildman–Crippen LogP) is 9.25. The lowest BCUT2D eigenvalue weighted by atomic mass is 9.82. The fourth-order valence-electron chi connectivity index (χ4n) is 6.57. The molecule has 0 saturated heterocycles. The van der Waals surface area contributed by atoms with Crippen molar-refractivity contribution in [2.24, 2.45) is 0 Å².